The zero-order chi connectivity index (χ0) is 23.3. The first kappa shape index (κ1) is 23.5. The summed E-state index contributed by atoms with van der Waals surface area (Å²) in [6.45, 7) is 7.37. The minimum Gasteiger partial charge on any atom is -0.298 e. The third kappa shape index (κ3) is 5.16. The highest BCUT2D eigenvalue weighted by Gasteiger charge is 2.23. The third-order valence-electron chi connectivity index (χ3n) is 4.35. The second kappa shape index (κ2) is 9.94. The number of anilines is 1. The number of benzene rings is 2. The lowest BCUT2D eigenvalue weighted by atomic mass is 10.1. The van der Waals surface area contributed by atoms with Crippen molar-refractivity contribution in [2.75, 3.05) is 18.4 Å². The molecule has 1 aromatic heterocycles. The lowest BCUT2D eigenvalue weighted by molar-refractivity contribution is 0.102. The molecule has 0 unspecified atom stereocenters. The minimum absolute atomic E-state index is 0.0288. The van der Waals surface area contributed by atoms with Crippen molar-refractivity contribution in [1.82, 2.24) is 9.29 Å². The molecular weight excluding hydrogens is 456 g/mol. The molecule has 0 aliphatic rings. The molecule has 1 amide bonds. The smallest absolute Gasteiger partial charge is 0.257 e. The molecule has 3 aromatic rings. The topological polar surface area (TPSA) is 79.4 Å². The Morgan fingerprint density at radius 1 is 1.09 bits per heavy atom. The van der Waals surface area contributed by atoms with Crippen molar-refractivity contribution in [3.05, 3.63) is 90.4 Å². The SMILES string of the molecule is C=CCN(CC=C)S(=O)(=O)c1ccc(C(=O)Nc2nc(-c3ccc(F)cc3F)cs2)cc1. The van der Waals surface area contributed by atoms with Crippen molar-refractivity contribution in [3.8, 4) is 11.3 Å². The Morgan fingerprint density at radius 2 is 1.75 bits per heavy atom. The number of nitrogens with one attached hydrogen (secondary N) is 1. The highest BCUT2D eigenvalue weighted by atomic mass is 32.2. The van der Waals surface area contributed by atoms with Gasteiger partial charge in [0, 0.05) is 35.7 Å². The lowest BCUT2D eigenvalue weighted by Crippen LogP contribution is -2.31. The summed E-state index contributed by atoms with van der Waals surface area (Å²) < 4.78 is 53.7. The van der Waals surface area contributed by atoms with Crippen LogP contribution in [0.5, 0.6) is 0 Å². The fourth-order valence-corrected chi connectivity index (χ4v) is 4.89. The van der Waals surface area contributed by atoms with Gasteiger partial charge >= 0.3 is 0 Å². The van der Waals surface area contributed by atoms with Crippen LogP contribution in [0.15, 0.2) is 78.1 Å². The van der Waals surface area contributed by atoms with Gasteiger partial charge < -0.3 is 0 Å². The van der Waals surface area contributed by atoms with Gasteiger partial charge in [-0.1, -0.05) is 12.2 Å². The van der Waals surface area contributed by atoms with Crippen LogP contribution in [0.1, 0.15) is 10.4 Å². The molecule has 0 aliphatic heterocycles. The second-order valence-electron chi connectivity index (χ2n) is 6.54. The number of carbonyl (C=O) groups excluding carboxylic acids is 1. The number of carbonyl (C=O) groups is 1. The van der Waals surface area contributed by atoms with E-state index in [2.05, 4.69) is 23.5 Å². The number of hydrogen-bond acceptors (Lipinski definition) is 5. The number of hydrogen-bond donors (Lipinski definition) is 1. The summed E-state index contributed by atoms with van der Waals surface area (Å²) in [6.07, 6.45) is 2.95. The molecular formula is C22H19F2N3O3S2. The average molecular weight is 476 g/mol. The average Bonchev–Trinajstić information content (AvgIpc) is 3.21. The molecule has 6 nitrogen and oxygen atoms in total. The van der Waals surface area contributed by atoms with Crippen LogP contribution >= 0.6 is 11.3 Å². The molecule has 0 radical (unpaired) electrons. The van der Waals surface area contributed by atoms with E-state index in [-0.39, 0.29) is 39.9 Å². The predicted molar refractivity (Wildman–Crippen MR) is 121 cm³/mol. The van der Waals surface area contributed by atoms with E-state index in [0.717, 1.165) is 23.5 Å². The van der Waals surface area contributed by atoms with Gasteiger partial charge in [-0.3, -0.25) is 10.1 Å². The number of aromatic nitrogens is 1. The van der Waals surface area contributed by atoms with Gasteiger partial charge in [-0.2, -0.15) is 4.31 Å². The number of amides is 1. The molecule has 32 heavy (non-hydrogen) atoms. The fraction of sp³-hybridized carbons (Fsp3) is 0.0909. The molecule has 2 aromatic carbocycles. The zero-order valence-electron chi connectivity index (χ0n) is 16.8. The van der Waals surface area contributed by atoms with Crippen molar-refractivity contribution in [2.24, 2.45) is 0 Å². The Balaban J connectivity index is 1.75. The summed E-state index contributed by atoms with van der Waals surface area (Å²) in [5, 5.41) is 4.34. The molecule has 0 saturated heterocycles. The molecule has 0 aliphatic carbocycles. The Kier molecular flexibility index (Phi) is 7.29. The highest BCUT2D eigenvalue weighted by Crippen LogP contribution is 2.28. The Morgan fingerprint density at radius 3 is 2.34 bits per heavy atom. The van der Waals surface area contributed by atoms with E-state index in [0.29, 0.717) is 0 Å². The van der Waals surface area contributed by atoms with Crippen molar-refractivity contribution in [1.29, 1.82) is 0 Å². The van der Waals surface area contributed by atoms with Gasteiger partial charge in [0.2, 0.25) is 10.0 Å². The monoisotopic (exact) mass is 475 g/mol. The second-order valence-corrected chi connectivity index (χ2v) is 9.34. The summed E-state index contributed by atoms with van der Waals surface area (Å²) in [5.41, 5.74) is 0.586. The van der Waals surface area contributed by atoms with E-state index in [1.165, 1.54) is 52.2 Å². The minimum atomic E-state index is -3.77. The number of thiazole rings is 1. The van der Waals surface area contributed by atoms with Crippen molar-refractivity contribution < 1.29 is 22.0 Å². The fourth-order valence-electron chi connectivity index (χ4n) is 2.81. The Hall–Kier alpha value is -3.21. The Bertz CT molecular complexity index is 1250. The van der Waals surface area contributed by atoms with E-state index in [1.54, 1.807) is 0 Å². The predicted octanol–water partition coefficient (Wildman–Crippen LogP) is 4.70. The van der Waals surface area contributed by atoms with E-state index < -0.39 is 27.6 Å². The summed E-state index contributed by atoms with van der Waals surface area (Å²) in [7, 11) is -3.77. The van der Waals surface area contributed by atoms with Gasteiger partial charge in [-0.05, 0) is 36.4 Å². The Labute approximate surface area is 188 Å². The molecule has 166 valence electrons. The maximum atomic E-state index is 13.9. The van der Waals surface area contributed by atoms with Gasteiger partial charge in [0.1, 0.15) is 11.6 Å². The first-order valence-electron chi connectivity index (χ1n) is 9.30. The maximum absolute atomic E-state index is 13.9. The van der Waals surface area contributed by atoms with Crippen LogP contribution in [0.4, 0.5) is 13.9 Å². The van der Waals surface area contributed by atoms with Crippen molar-refractivity contribution in [3.63, 3.8) is 0 Å². The van der Waals surface area contributed by atoms with Gasteiger partial charge in [0.15, 0.2) is 5.13 Å². The standard InChI is InChI=1S/C22H19F2N3O3S2/c1-3-11-27(12-4-2)32(29,30)17-8-5-15(6-9-17)21(28)26-22-25-20(14-31-22)18-10-7-16(23)13-19(18)24/h3-10,13-14H,1-2,11-12H2,(H,25,26,28). The quantitative estimate of drug-likeness (QED) is 0.455. The van der Waals surface area contributed by atoms with Gasteiger partial charge in [0.25, 0.3) is 5.91 Å². The first-order chi connectivity index (χ1) is 15.3. The van der Waals surface area contributed by atoms with E-state index >= 15 is 0 Å². The molecule has 0 saturated carbocycles. The molecule has 0 bridgehead atoms. The molecule has 1 heterocycles. The number of nitrogens with zero attached hydrogens (tertiary/aromatic N) is 2. The largest absolute Gasteiger partial charge is 0.298 e. The summed E-state index contributed by atoms with van der Waals surface area (Å²) >= 11 is 1.08. The summed E-state index contributed by atoms with van der Waals surface area (Å²) in [6, 6.07) is 8.60. The van der Waals surface area contributed by atoms with Gasteiger partial charge in [-0.15, -0.1) is 24.5 Å². The van der Waals surface area contributed by atoms with E-state index in [1.807, 2.05) is 0 Å². The van der Waals surface area contributed by atoms with Crippen molar-refractivity contribution >= 4 is 32.4 Å². The van der Waals surface area contributed by atoms with Gasteiger partial charge in [0.05, 0.1) is 10.6 Å². The summed E-state index contributed by atoms with van der Waals surface area (Å²) in [4.78, 5) is 16.7. The van der Waals surface area contributed by atoms with Crippen molar-refractivity contribution in [2.45, 2.75) is 4.90 Å². The molecule has 0 fully saturated rings. The normalized spacial score (nSPS) is 11.3. The van der Waals surface area contributed by atoms with E-state index in [9.17, 15) is 22.0 Å². The first-order valence-corrected chi connectivity index (χ1v) is 11.6. The van der Waals surface area contributed by atoms with Crippen LogP contribution in [0, 0.1) is 11.6 Å². The third-order valence-corrected chi connectivity index (χ3v) is 6.96. The number of halogens is 2. The van der Waals surface area contributed by atoms with Crippen LogP contribution in [-0.2, 0) is 10.0 Å². The number of rotatable bonds is 9. The van der Waals surface area contributed by atoms with E-state index in [4.69, 9.17) is 0 Å². The molecule has 3 rings (SSSR count). The van der Waals surface area contributed by atoms with Crippen LogP contribution < -0.4 is 5.32 Å². The van der Waals surface area contributed by atoms with Crippen LogP contribution in [0.3, 0.4) is 0 Å². The maximum Gasteiger partial charge on any atom is 0.257 e. The highest BCUT2D eigenvalue weighted by molar-refractivity contribution is 7.89. The zero-order valence-corrected chi connectivity index (χ0v) is 18.4. The molecule has 0 atom stereocenters. The number of sulfonamides is 1. The van der Waals surface area contributed by atoms with Crippen LogP contribution in [0.25, 0.3) is 11.3 Å². The lowest BCUT2D eigenvalue weighted by Gasteiger charge is -2.19. The summed E-state index contributed by atoms with van der Waals surface area (Å²) in [5.74, 6) is -1.96. The van der Waals surface area contributed by atoms with Gasteiger partial charge in [-0.25, -0.2) is 22.2 Å². The van der Waals surface area contributed by atoms with Crippen LogP contribution in [-0.4, -0.2) is 36.7 Å². The molecule has 1 N–H and O–H groups in total. The van der Waals surface area contributed by atoms with Crippen LogP contribution in [0.2, 0.25) is 0 Å². The molecule has 10 heteroatoms. The molecule has 0 spiro atoms.